The zero-order valence-electron chi connectivity index (χ0n) is 13.7. The summed E-state index contributed by atoms with van der Waals surface area (Å²) in [5.74, 6) is 0.0558. The van der Waals surface area contributed by atoms with Crippen LogP contribution < -0.4 is 0 Å². The number of carbonyl (C=O) groups excluding carboxylic acids is 1. The monoisotopic (exact) mass is 299 g/mol. The molecule has 122 valence electrons. The Morgan fingerprint density at radius 2 is 1.67 bits per heavy atom. The minimum absolute atomic E-state index is 0.252. The van der Waals surface area contributed by atoms with E-state index in [4.69, 9.17) is 9.84 Å². The van der Waals surface area contributed by atoms with Crippen LogP contribution in [0.1, 0.15) is 59.8 Å². The fourth-order valence-corrected chi connectivity index (χ4v) is 2.84. The first-order valence-electron chi connectivity index (χ1n) is 7.91. The van der Waals surface area contributed by atoms with Crippen LogP contribution in [0.2, 0.25) is 0 Å². The van der Waals surface area contributed by atoms with Gasteiger partial charge in [-0.05, 0) is 65.2 Å². The molecule has 1 aliphatic rings. The predicted octanol–water partition coefficient (Wildman–Crippen LogP) is 3.52. The highest BCUT2D eigenvalue weighted by atomic mass is 16.6. The normalized spacial score (nSPS) is 22.7. The molecule has 1 aliphatic carbocycles. The van der Waals surface area contributed by atoms with Crippen LogP contribution in [0.25, 0.3) is 0 Å². The highest BCUT2D eigenvalue weighted by molar-refractivity contribution is 5.68. The zero-order chi connectivity index (χ0) is 16.0. The average molecular weight is 299 g/mol. The Labute approximate surface area is 127 Å². The van der Waals surface area contributed by atoms with Crippen LogP contribution in [0, 0.1) is 11.8 Å². The summed E-state index contributed by atoms with van der Waals surface area (Å²) in [5.41, 5.74) is -0.469. The standard InChI is InChI=1S/C16H29NO4/c1-5-17(15(20)21-16(2,3)4)11-13-8-6-12(7-9-13)10-14(18)19/h12-13H,5-11H2,1-4H3,(H,18,19). The van der Waals surface area contributed by atoms with E-state index in [-0.39, 0.29) is 12.5 Å². The van der Waals surface area contributed by atoms with Gasteiger partial charge in [-0.1, -0.05) is 0 Å². The molecule has 0 aliphatic heterocycles. The lowest BCUT2D eigenvalue weighted by atomic mass is 9.80. The van der Waals surface area contributed by atoms with Gasteiger partial charge in [-0.15, -0.1) is 0 Å². The fourth-order valence-electron chi connectivity index (χ4n) is 2.84. The minimum Gasteiger partial charge on any atom is -0.481 e. The second-order valence-electron chi connectivity index (χ2n) is 7.00. The first-order valence-corrected chi connectivity index (χ1v) is 7.91. The van der Waals surface area contributed by atoms with E-state index in [1.807, 2.05) is 27.7 Å². The third-order valence-corrected chi connectivity index (χ3v) is 3.94. The van der Waals surface area contributed by atoms with Gasteiger partial charge in [-0.2, -0.15) is 0 Å². The number of nitrogens with zero attached hydrogens (tertiary/aromatic N) is 1. The van der Waals surface area contributed by atoms with Gasteiger partial charge in [0.1, 0.15) is 5.60 Å². The molecule has 5 nitrogen and oxygen atoms in total. The van der Waals surface area contributed by atoms with Crippen molar-refractivity contribution in [2.24, 2.45) is 11.8 Å². The van der Waals surface area contributed by atoms with Gasteiger partial charge in [0.15, 0.2) is 0 Å². The van der Waals surface area contributed by atoms with Crippen molar-refractivity contribution in [2.75, 3.05) is 13.1 Å². The number of aliphatic carboxylic acids is 1. The first kappa shape index (κ1) is 17.8. The second-order valence-corrected chi connectivity index (χ2v) is 7.00. The number of carbonyl (C=O) groups is 2. The zero-order valence-corrected chi connectivity index (χ0v) is 13.7. The van der Waals surface area contributed by atoms with E-state index in [1.165, 1.54) is 0 Å². The number of ether oxygens (including phenoxy) is 1. The van der Waals surface area contributed by atoms with Crippen LogP contribution in [0.5, 0.6) is 0 Å². The van der Waals surface area contributed by atoms with Crippen LogP contribution in [-0.2, 0) is 9.53 Å². The molecule has 0 bridgehead atoms. The van der Waals surface area contributed by atoms with Gasteiger partial charge in [0.2, 0.25) is 0 Å². The van der Waals surface area contributed by atoms with Crippen LogP contribution in [0.3, 0.4) is 0 Å². The van der Waals surface area contributed by atoms with E-state index < -0.39 is 11.6 Å². The highest BCUT2D eigenvalue weighted by Crippen LogP contribution is 2.31. The van der Waals surface area contributed by atoms with Crippen molar-refractivity contribution in [2.45, 2.75) is 65.4 Å². The summed E-state index contributed by atoms with van der Waals surface area (Å²) in [7, 11) is 0. The molecule has 1 saturated carbocycles. The largest absolute Gasteiger partial charge is 0.481 e. The van der Waals surface area contributed by atoms with Crippen molar-refractivity contribution < 1.29 is 19.4 Å². The number of hydrogen-bond acceptors (Lipinski definition) is 3. The maximum atomic E-state index is 12.1. The Kier molecular flexibility index (Phi) is 6.49. The topological polar surface area (TPSA) is 66.8 Å². The molecule has 1 rings (SSSR count). The molecule has 0 saturated heterocycles. The Morgan fingerprint density at radius 3 is 2.10 bits per heavy atom. The third kappa shape index (κ3) is 6.82. The number of carboxylic acids is 1. The molecule has 5 heteroatoms. The molecule has 0 unspecified atom stereocenters. The predicted molar refractivity (Wildman–Crippen MR) is 81.2 cm³/mol. The van der Waals surface area contributed by atoms with Gasteiger partial charge in [0, 0.05) is 19.5 Å². The summed E-state index contributed by atoms with van der Waals surface area (Å²) in [6, 6.07) is 0. The van der Waals surface area contributed by atoms with Crippen molar-refractivity contribution in [3.8, 4) is 0 Å². The van der Waals surface area contributed by atoms with Gasteiger partial charge < -0.3 is 14.7 Å². The van der Waals surface area contributed by atoms with Crippen LogP contribution in [-0.4, -0.2) is 40.8 Å². The molecular formula is C16H29NO4. The maximum absolute atomic E-state index is 12.1. The van der Waals surface area contributed by atoms with Gasteiger partial charge in [-0.3, -0.25) is 4.79 Å². The van der Waals surface area contributed by atoms with E-state index in [2.05, 4.69) is 0 Å². The average Bonchev–Trinajstić information content (AvgIpc) is 2.35. The van der Waals surface area contributed by atoms with Gasteiger partial charge >= 0.3 is 12.1 Å². The van der Waals surface area contributed by atoms with E-state index in [0.717, 1.165) is 25.7 Å². The summed E-state index contributed by atoms with van der Waals surface area (Å²) in [5, 5.41) is 8.83. The van der Waals surface area contributed by atoms with Crippen molar-refractivity contribution in [1.29, 1.82) is 0 Å². The molecule has 0 aromatic heterocycles. The lowest BCUT2D eigenvalue weighted by Gasteiger charge is -2.33. The molecule has 21 heavy (non-hydrogen) atoms. The number of amides is 1. The molecule has 0 spiro atoms. The number of carboxylic acid groups (broad SMARTS) is 1. The smallest absolute Gasteiger partial charge is 0.410 e. The van der Waals surface area contributed by atoms with Gasteiger partial charge in [0.25, 0.3) is 0 Å². The maximum Gasteiger partial charge on any atom is 0.410 e. The molecule has 0 radical (unpaired) electrons. The van der Waals surface area contributed by atoms with Crippen molar-refractivity contribution in [3.63, 3.8) is 0 Å². The van der Waals surface area contributed by atoms with Crippen LogP contribution in [0.15, 0.2) is 0 Å². The Morgan fingerprint density at radius 1 is 1.14 bits per heavy atom. The first-order chi connectivity index (χ1) is 9.71. The van der Waals surface area contributed by atoms with Crippen molar-refractivity contribution in [3.05, 3.63) is 0 Å². The number of hydrogen-bond donors (Lipinski definition) is 1. The summed E-state index contributed by atoms with van der Waals surface area (Å²) >= 11 is 0. The Hall–Kier alpha value is -1.26. The second kappa shape index (κ2) is 7.66. The van der Waals surface area contributed by atoms with Gasteiger partial charge in [-0.25, -0.2) is 4.79 Å². The van der Waals surface area contributed by atoms with Crippen molar-refractivity contribution >= 4 is 12.1 Å². The van der Waals surface area contributed by atoms with Crippen molar-refractivity contribution in [1.82, 2.24) is 4.90 Å². The Balaban J connectivity index is 2.41. The summed E-state index contributed by atoms with van der Waals surface area (Å²) in [6.45, 7) is 8.93. The van der Waals surface area contributed by atoms with Crippen LogP contribution >= 0.6 is 0 Å². The molecule has 0 atom stereocenters. The summed E-state index contributed by atoms with van der Waals surface area (Å²) < 4.78 is 5.42. The quantitative estimate of drug-likeness (QED) is 0.843. The molecule has 1 fully saturated rings. The minimum atomic E-state index is -0.706. The number of rotatable bonds is 5. The van der Waals surface area contributed by atoms with E-state index in [0.29, 0.717) is 24.9 Å². The molecular weight excluding hydrogens is 270 g/mol. The Bertz CT molecular complexity index is 354. The molecule has 0 aromatic rings. The third-order valence-electron chi connectivity index (χ3n) is 3.94. The van der Waals surface area contributed by atoms with E-state index >= 15 is 0 Å². The van der Waals surface area contributed by atoms with E-state index in [9.17, 15) is 9.59 Å². The molecule has 0 heterocycles. The van der Waals surface area contributed by atoms with Crippen LogP contribution in [0.4, 0.5) is 4.79 Å². The summed E-state index contributed by atoms with van der Waals surface area (Å²) in [4.78, 5) is 24.6. The lowest BCUT2D eigenvalue weighted by molar-refractivity contribution is -0.138. The summed E-state index contributed by atoms with van der Waals surface area (Å²) in [6.07, 6.45) is 3.91. The molecule has 1 N–H and O–H groups in total. The lowest BCUT2D eigenvalue weighted by Crippen LogP contribution is -2.40. The highest BCUT2D eigenvalue weighted by Gasteiger charge is 2.27. The van der Waals surface area contributed by atoms with E-state index in [1.54, 1.807) is 4.90 Å². The van der Waals surface area contributed by atoms with Gasteiger partial charge in [0.05, 0.1) is 0 Å². The SMILES string of the molecule is CCN(CC1CCC(CC(=O)O)CC1)C(=O)OC(C)(C)C. The molecule has 0 aromatic carbocycles. The fraction of sp³-hybridized carbons (Fsp3) is 0.875. The molecule has 1 amide bonds.